The Morgan fingerprint density at radius 2 is 1.69 bits per heavy atom. The molecule has 26 heavy (non-hydrogen) atoms. The normalized spacial score (nSPS) is 11.5. The van der Waals surface area contributed by atoms with E-state index in [-0.39, 0.29) is 11.3 Å². The molecule has 2 aromatic carbocycles. The van der Waals surface area contributed by atoms with Crippen LogP contribution in [0, 0.1) is 0 Å². The number of aromatic nitrogens is 2. The fourth-order valence-corrected chi connectivity index (χ4v) is 3.32. The summed E-state index contributed by atoms with van der Waals surface area (Å²) in [6.07, 6.45) is 0. The zero-order valence-corrected chi connectivity index (χ0v) is 16.1. The minimum atomic E-state index is -0.144. The molecule has 0 unspecified atom stereocenters. The van der Waals surface area contributed by atoms with E-state index in [1.54, 1.807) is 0 Å². The molecule has 134 valence electrons. The van der Waals surface area contributed by atoms with Crippen LogP contribution in [-0.4, -0.2) is 21.6 Å². The molecule has 0 saturated heterocycles. The second kappa shape index (κ2) is 7.87. The van der Waals surface area contributed by atoms with Crippen LogP contribution in [-0.2, 0) is 16.8 Å². The number of rotatable bonds is 5. The van der Waals surface area contributed by atoms with Crippen LogP contribution in [0.3, 0.4) is 0 Å². The van der Waals surface area contributed by atoms with Gasteiger partial charge >= 0.3 is 0 Å². The predicted molar refractivity (Wildman–Crippen MR) is 107 cm³/mol. The Labute approximate surface area is 158 Å². The number of hydrogen-bond acceptors (Lipinski definition) is 4. The molecule has 0 atom stereocenters. The Hall–Kier alpha value is -2.40. The maximum atomic E-state index is 12.2. The first kappa shape index (κ1) is 18.4. The van der Waals surface area contributed by atoms with Crippen molar-refractivity contribution in [1.29, 1.82) is 0 Å². The number of amides is 1. The highest BCUT2D eigenvalue weighted by Crippen LogP contribution is 2.28. The lowest BCUT2D eigenvalue weighted by atomic mass is 9.95. The van der Waals surface area contributed by atoms with E-state index >= 15 is 0 Å². The fraction of sp³-hybridized carbons (Fsp3) is 0.286. The van der Waals surface area contributed by atoms with Crippen LogP contribution >= 0.6 is 11.8 Å². The third-order valence-corrected chi connectivity index (χ3v) is 4.90. The molecule has 1 N–H and O–H groups in total. The van der Waals surface area contributed by atoms with E-state index in [4.69, 9.17) is 4.98 Å². The van der Waals surface area contributed by atoms with Crippen molar-refractivity contribution >= 4 is 28.6 Å². The number of nitrogens with zero attached hydrogens (tertiary/aromatic N) is 2. The van der Waals surface area contributed by atoms with Gasteiger partial charge in [-0.3, -0.25) is 4.79 Å². The second-order valence-electron chi connectivity index (χ2n) is 7.17. The third-order valence-electron chi connectivity index (χ3n) is 3.91. The minimum Gasteiger partial charge on any atom is -0.351 e. The summed E-state index contributed by atoms with van der Waals surface area (Å²) in [7, 11) is 0. The van der Waals surface area contributed by atoms with Gasteiger partial charge in [0.2, 0.25) is 5.91 Å². The molecule has 5 heteroatoms. The van der Waals surface area contributed by atoms with Gasteiger partial charge in [-0.05, 0) is 11.6 Å². The molecule has 0 saturated carbocycles. The topological polar surface area (TPSA) is 54.9 Å². The van der Waals surface area contributed by atoms with Crippen LogP contribution in [0.5, 0.6) is 0 Å². The highest BCUT2D eigenvalue weighted by molar-refractivity contribution is 8.00. The van der Waals surface area contributed by atoms with Gasteiger partial charge in [0.05, 0.1) is 11.3 Å². The van der Waals surface area contributed by atoms with E-state index in [1.807, 2.05) is 54.6 Å². The molecule has 0 radical (unpaired) electrons. The molecule has 0 fully saturated rings. The standard InChI is InChI=1S/C21H23N3OS/c1-21(2,3)20-23-17-12-8-7-11-16(17)19(24-20)26-14-18(25)22-13-15-9-5-4-6-10-15/h4-12H,13-14H2,1-3H3,(H,22,25). The third kappa shape index (κ3) is 4.61. The lowest BCUT2D eigenvalue weighted by Gasteiger charge is -2.18. The van der Waals surface area contributed by atoms with Crippen LogP contribution in [0.4, 0.5) is 0 Å². The number of fused-ring (bicyclic) bond motifs is 1. The summed E-state index contributed by atoms with van der Waals surface area (Å²) in [6.45, 7) is 6.83. The fourth-order valence-electron chi connectivity index (χ4n) is 2.47. The predicted octanol–water partition coefficient (Wildman–Crippen LogP) is 4.34. The average molecular weight is 366 g/mol. The molecular weight excluding hydrogens is 342 g/mol. The van der Waals surface area contributed by atoms with Gasteiger partial charge in [-0.1, -0.05) is 81.1 Å². The molecule has 1 heterocycles. The van der Waals surface area contributed by atoms with Gasteiger partial charge in [-0.25, -0.2) is 9.97 Å². The smallest absolute Gasteiger partial charge is 0.230 e. The summed E-state index contributed by atoms with van der Waals surface area (Å²) < 4.78 is 0. The molecule has 3 aromatic rings. The maximum Gasteiger partial charge on any atom is 0.230 e. The molecule has 0 aliphatic rings. The highest BCUT2D eigenvalue weighted by Gasteiger charge is 2.20. The van der Waals surface area contributed by atoms with Crippen molar-refractivity contribution in [3.8, 4) is 0 Å². The maximum absolute atomic E-state index is 12.2. The molecule has 1 amide bonds. The van der Waals surface area contributed by atoms with E-state index < -0.39 is 0 Å². The summed E-state index contributed by atoms with van der Waals surface area (Å²) in [6, 6.07) is 17.9. The van der Waals surface area contributed by atoms with Gasteiger partial charge in [-0.15, -0.1) is 0 Å². The van der Waals surface area contributed by atoms with Crippen molar-refractivity contribution in [2.45, 2.75) is 37.8 Å². The van der Waals surface area contributed by atoms with Gasteiger partial charge < -0.3 is 5.32 Å². The molecule has 3 rings (SSSR count). The number of benzene rings is 2. The van der Waals surface area contributed by atoms with Gasteiger partial charge in [-0.2, -0.15) is 0 Å². The van der Waals surface area contributed by atoms with E-state index in [0.29, 0.717) is 12.3 Å². The summed E-state index contributed by atoms with van der Waals surface area (Å²) >= 11 is 1.46. The van der Waals surface area contributed by atoms with E-state index in [0.717, 1.165) is 27.3 Å². The Morgan fingerprint density at radius 3 is 2.42 bits per heavy atom. The lowest BCUT2D eigenvalue weighted by Crippen LogP contribution is -2.24. The monoisotopic (exact) mass is 365 g/mol. The minimum absolute atomic E-state index is 0.00106. The van der Waals surface area contributed by atoms with Crippen molar-refractivity contribution < 1.29 is 4.79 Å². The number of thioether (sulfide) groups is 1. The van der Waals surface area contributed by atoms with Gasteiger partial charge in [0.15, 0.2) is 0 Å². The van der Waals surface area contributed by atoms with Crippen LogP contribution in [0.1, 0.15) is 32.2 Å². The Kier molecular flexibility index (Phi) is 5.57. The summed E-state index contributed by atoms with van der Waals surface area (Å²) in [5, 5.41) is 4.80. The second-order valence-corrected chi connectivity index (χ2v) is 8.13. The molecule has 0 bridgehead atoms. The van der Waals surface area contributed by atoms with Gasteiger partial charge in [0.1, 0.15) is 10.9 Å². The molecule has 4 nitrogen and oxygen atoms in total. The van der Waals surface area contributed by atoms with E-state index in [1.165, 1.54) is 11.8 Å². The number of para-hydroxylation sites is 1. The Morgan fingerprint density at radius 1 is 1.00 bits per heavy atom. The van der Waals surface area contributed by atoms with Crippen LogP contribution < -0.4 is 5.32 Å². The zero-order valence-electron chi connectivity index (χ0n) is 15.3. The Bertz CT molecular complexity index is 904. The highest BCUT2D eigenvalue weighted by atomic mass is 32.2. The van der Waals surface area contributed by atoms with Crippen molar-refractivity contribution in [3.05, 3.63) is 66.0 Å². The quantitative estimate of drug-likeness (QED) is 0.540. The number of nitrogens with one attached hydrogen (secondary N) is 1. The molecule has 1 aromatic heterocycles. The first-order chi connectivity index (χ1) is 12.4. The first-order valence-electron chi connectivity index (χ1n) is 8.64. The summed E-state index contributed by atoms with van der Waals surface area (Å²) in [5.41, 5.74) is 1.86. The number of hydrogen-bond donors (Lipinski definition) is 1. The van der Waals surface area contributed by atoms with Crippen molar-refractivity contribution in [2.75, 3.05) is 5.75 Å². The lowest BCUT2D eigenvalue weighted by molar-refractivity contribution is -0.118. The number of carbonyl (C=O) groups is 1. The van der Waals surface area contributed by atoms with Gasteiger partial charge in [0, 0.05) is 17.3 Å². The van der Waals surface area contributed by atoms with E-state index in [9.17, 15) is 4.79 Å². The summed E-state index contributed by atoms with van der Waals surface area (Å²) in [5.74, 6) is 1.12. The van der Waals surface area contributed by atoms with Crippen LogP contribution in [0.25, 0.3) is 10.9 Å². The summed E-state index contributed by atoms with van der Waals surface area (Å²) in [4.78, 5) is 21.7. The molecular formula is C21H23N3OS. The van der Waals surface area contributed by atoms with Gasteiger partial charge in [0.25, 0.3) is 0 Å². The van der Waals surface area contributed by atoms with Crippen molar-refractivity contribution in [3.63, 3.8) is 0 Å². The van der Waals surface area contributed by atoms with Crippen LogP contribution in [0.15, 0.2) is 59.6 Å². The van der Waals surface area contributed by atoms with E-state index in [2.05, 4.69) is 31.1 Å². The SMILES string of the molecule is CC(C)(C)c1nc(SCC(=O)NCc2ccccc2)c2ccccc2n1. The largest absolute Gasteiger partial charge is 0.351 e. The zero-order chi connectivity index (χ0) is 18.6. The molecule has 0 spiro atoms. The molecule has 0 aliphatic heterocycles. The first-order valence-corrected chi connectivity index (χ1v) is 9.63. The Balaban J connectivity index is 1.72. The van der Waals surface area contributed by atoms with Crippen LogP contribution in [0.2, 0.25) is 0 Å². The van der Waals surface area contributed by atoms with Crippen molar-refractivity contribution in [2.24, 2.45) is 0 Å². The van der Waals surface area contributed by atoms with Crippen molar-refractivity contribution in [1.82, 2.24) is 15.3 Å². The molecule has 0 aliphatic carbocycles. The number of carbonyl (C=O) groups excluding carboxylic acids is 1. The average Bonchev–Trinajstić information content (AvgIpc) is 2.64.